The van der Waals surface area contributed by atoms with E-state index < -0.39 is 12.0 Å². The number of pyridine rings is 1. The molecule has 3 rings (SSSR count). The molecular weight excluding hydrogens is 394 g/mol. The monoisotopic (exact) mass is 424 g/mol. The summed E-state index contributed by atoms with van der Waals surface area (Å²) < 4.78 is 38.2. The predicted octanol–water partition coefficient (Wildman–Crippen LogP) is 2.99. The first-order valence-electron chi connectivity index (χ1n) is 10.3. The van der Waals surface area contributed by atoms with Crippen LogP contribution in [0.15, 0.2) is 16.5 Å². The molecule has 7 nitrogen and oxygen atoms in total. The number of aliphatic hydroxyl groups excluding tert-OH is 1. The van der Waals surface area contributed by atoms with E-state index in [1.807, 2.05) is 26.0 Å². The average Bonchev–Trinajstić information content (AvgIpc) is 3.08. The number of aryl methyl sites for hydroxylation is 4. The van der Waals surface area contributed by atoms with Crippen LogP contribution in [0.2, 0.25) is 0 Å². The molecule has 0 aromatic carbocycles. The van der Waals surface area contributed by atoms with E-state index in [-0.39, 0.29) is 19.5 Å². The molecule has 0 saturated carbocycles. The van der Waals surface area contributed by atoms with Crippen LogP contribution in [0.1, 0.15) is 36.4 Å². The molecule has 2 N–H and O–H groups in total. The highest BCUT2D eigenvalue weighted by molar-refractivity contribution is 5.56. The topological polar surface area (TPSA) is 83.7 Å². The van der Waals surface area contributed by atoms with Crippen molar-refractivity contribution >= 4 is 11.5 Å². The van der Waals surface area contributed by atoms with Crippen molar-refractivity contribution in [2.75, 3.05) is 43.6 Å². The maximum Gasteiger partial charge on any atom is 0.276 e. The van der Waals surface area contributed by atoms with E-state index in [1.165, 1.54) is 0 Å². The predicted molar refractivity (Wildman–Crippen MR) is 110 cm³/mol. The Morgan fingerprint density at radius 3 is 2.80 bits per heavy atom. The number of piperidine rings is 1. The van der Waals surface area contributed by atoms with E-state index in [1.54, 1.807) is 12.0 Å². The number of halogens is 2. The summed E-state index contributed by atoms with van der Waals surface area (Å²) in [5.41, 5.74) is 2.46. The second kappa shape index (κ2) is 9.70. The molecule has 2 aromatic rings. The molecule has 30 heavy (non-hydrogen) atoms. The number of aliphatic hydroxyl groups is 1. The maximum atomic E-state index is 13.7. The summed E-state index contributed by atoms with van der Waals surface area (Å²) in [6.45, 7) is 5.10. The normalized spacial score (nSPS) is 18.6. The molecule has 1 atom stereocenters. The van der Waals surface area contributed by atoms with Gasteiger partial charge in [0.05, 0.1) is 12.3 Å². The Kier molecular flexibility index (Phi) is 7.25. The molecule has 3 heterocycles. The second-order valence-corrected chi connectivity index (χ2v) is 7.56. The number of β-amino-alcohol motifs (C(OH)–C–C–N with tert-alkyl or cyclic N) is 1. The van der Waals surface area contributed by atoms with E-state index >= 15 is 0 Å². The summed E-state index contributed by atoms with van der Waals surface area (Å²) in [6, 6.07) is 3.70. The summed E-state index contributed by atoms with van der Waals surface area (Å²) in [7, 11) is 1.62. The third kappa shape index (κ3) is 5.46. The molecule has 1 unspecified atom stereocenters. The zero-order valence-electron chi connectivity index (χ0n) is 17.8. The minimum absolute atomic E-state index is 0.118. The first-order valence-corrected chi connectivity index (χ1v) is 10.3. The number of alkyl halides is 2. The molecule has 1 aliphatic heterocycles. The van der Waals surface area contributed by atoms with Crippen molar-refractivity contribution in [2.24, 2.45) is 0 Å². The number of oxazole rings is 1. The third-order valence-corrected chi connectivity index (χ3v) is 5.29. The molecule has 166 valence electrons. The highest BCUT2D eigenvalue weighted by Gasteiger charge is 2.43. The smallest absolute Gasteiger partial charge is 0.276 e. The van der Waals surface area contributed by atoms with E-state index in [2.05, 4.69) is 15.3 Å². The van der Waals surface area contributed by atoms with Gasteiger partial charge in [-0.1, -0.05) is 6.92 Å². The van der Waals surface area contributed by atoms with Gasteiger partial charge in [0.25, 0.3) is 5.92 Å². The van der Waals surface area contributed by atoms with E-state index in [4.69, 9.17) is 9.15 Å². The molecule has 2 aromatic heterocycles. The molecule has 9 heteroatoms. The van der Waals surface area contributed by atoms with E-state index in [9.17, 15) is 13.9 Å². The highest BCUT2D eigenvalue weighted by Crippen LogP contribution is 2.32. The number of hydrogen-bond acceptors (Lipinski definition) is 7. The van der Waals surface area contributed by atoms with Crippen molar-refractivity contribution in [1.82, 2.24) is 9.97 Å². The largest absolute Gasteiger partial charge is 0.445 e. The summed E-state index contributed by atoms with van der Waals surface area (Å²) in [6.07, 6.45) is -0.0799. The van der Waals surface area contributed by atoms with Crippen molar-refractivity contribution in [2.45, 2.75) is 51.6 Å². The van der Waals surface area contributed by atoms with Gasteiger partial charge in [0.15, 0.2) is 5.89 Å². The van der Waals surface area contributed by atoms with Crippen LogP contribution in [0.5, 0.6) is 0 Å². The van der Waals surface area contributed by atoms with Crippen molar-refractivity contribution in [3.63, 3.8) is 0 Å². The number of hydrogen-bond donors (Lipinski definition) is 2. The standard InChI is InChI=1S/C21H30F2N4O3/c1-4-17-14(2)25-20(30-17)6-5-15-11-16(12-19(26-15)24-8-10-29-3)27-9-7-21(22,23)18(28)13-27/h11-12,18,28H,4-10,13H2,1-3H3,(H,24,26). The number of nitrogens with zero attached hydrogens (tertiary/aromatic N) is 3. The van der Waals surface area contributed by atoms with Crippen LogP contribution < -0.4 is 10.2 Å². The lowest BCUT2D eigenvalue weighted by molar-refractivity contribution is -0.117. The molecular formula is C21H30F2N4O3. The van der Waals surface area contributed by atoms with Gasteiger partial charge in [-0.25, -0.2) is 18.7 Å². The Labute approximate surface area is 175 Å². The van der Waals surface area contributed by atoms with Gasteiger partial charge in [-0.15, -0.1) is 0 Å². The molecule has 1 saturated heterocycles. The Morgan fingerprint density at radius 1 is 1.33 bits per heavy atom. The lowest BCUT2D eigenvalue weighted by Crippen LogP contribution is -2.50. The Hall–Kier alpha value is -2.26. The van der Waals surface area contributed by atoms with Gasteiger partial charge in [-0.05, 0) is 19.4 Å². The molecule has 0 aliphatic carbocycles. The quantitative estimate of drug-likeness (QED) is 0.599. The first kappa shape index (κ1) is 22.4. The number of nitrogens with one attached hydrogen (secondary N) is 1. The molecule has 0 amide bonds. The average molecular weight is 424 g/mol. The Morgan fingerprint density at radius 2 is 2.13 bits per heavy atom. The highest BCUT2D eigenvalue weighted by atomic mass is 19.3. The Bertz CT molecular complexity index is 844. The zero-order valence-corrected chi connectivity index (χ0v) is 17.8. The van der Waals surface area contributed by atoms with Gasteiger partial charge < -0.3 is 24.5 Å². The van der Waals surface area contributed by atoms with Crippen molar-refractivity contribution in [1.29, 1.82) is 0 Å². The number of rotatable bonds is 9. The molecule has 1 fully saturated rings. The fraction of sp³-hybridized carbons (Fsp3) is 0.619. The number of methoxy groups -OCH3 is 1. The fourth-order valence-corrected chi connectivity index (χ4v) is 3.53. The minimum atomic E-state index is -3.05. The van der Waals surface area contributed by atoms with Crippen LogP contribution in [0.3, 0.4) is 0 Å². The molecule has 0 spiro atoms. The van der Waals surface area contributed by atoms with Crippen molar-refractivity contribution in [3.8, 4) is 0 Å². The van der Waals surface area contributed by atoms with Gasteiger partial charge in [-0.3, -0.25) is 0 Å². The fourth-order valence-electron chi connectivity index (χ4n) is 3.53. The minimum Gasteiger partial charge on any atom is -0.445 e. The second-order valence-electron chi connectivity index (χ2n) is 7.56. The van der Waals surface area contributed by atoms with Crippen molar-refractivity contribution in [3.05, 3.63) is 35.2 Å². The summed E-state index contributed by atoms with van der Waals surface area (Å²) in [5, 5.41) is 13.0. The SMILES string of the molecule is CCc1oc(CCc2cc(N3CCC(F)(F)C(O)C3)cc(NCCOC)n2)nc1C. The number of aromatic nitrogens is 2. The van der Waals surface area contributed by atoms with Gasteiger partial charge >= 0.3 is 0 Å². The lowest BCUT2D eigenvalue weighted by Gasteiger charge is -2.37. The van der Waals surface area contributed by atoms with Gasteiger partial charge in [0, 0.05) is 63.5 Å². The van der Waals surface area contributed by atoms with Crippen LogP contribution >= 0.6 is 0 Å². The van der Waals surface area contributed by atoms with Crippen LogP contribution in [0, 0.1) is 6.92 Å². The Balaban J connectivity index is 1.77. The van der Waals surface area contributed by atoms with Crippen molar-refractivity contribution < 1.29 is 23.0 Å². The van der Waals surface area contributed by atoms with Gasteiger partial charge in [0.1, 0.15) is 17.7 Å². The summed E-state index contributed by atoms with van der Waals surface area (Å²) in [5.74, 6) is -0.856. The van der Waals surface area contributed by atoms with E-state index in [0.717, 1.165) is 29.3 Å². The zero-order chi connectivity index (χ0) is 21.7. The molecule has 0 radical (unpaired) electrons. The van der Waals surface area contributed by atoms with Crippen LogP contribution in [-0.2, 0) is 24.0 Å². The van der Waals surface area contributed by atoms with E-state index in [0.29, 0.717) is 37.7 Å². The van der Waals surface area contributed by atoms with Gasteiger partial charge in [0.2, 0.25) is 0 Å². The molecule has 1 aliphatic rings. The summed E-state index contributed by atoms with van der Waals surface area (Å²) >= 11 is 0. The first-order chi connectivity index (χ1) is 14.3. The third-order valence-electron chi connectivity index (χ3n) is 5.29. The van der Waals surface area contributed by atoms with Crippen LogP contribution in [-0.4, -0.2) is 60.5 Å². The molecule has 0 bridgehead atoms. The van der Waals surface area contributed by atoms with Gasteiger partial charge in [-0.2, -0.15) is 0 Å². The maximum absolute atomic E-state index is 13.7. The number of anilines is 2. The summed E-state index contributed by atoms with van der Waals surface area (Å²) in [4.78, 5) is 10.9. The van der Waals surface area contributed by atoms with Crippen LogP contribution in [0.25, 0.3) is 0 Å². The lowest BCUT2D eigenvalue weighted by atomic mass is 10.0. The number of ether oxygens (including phenoxy) is 1. The van der Waals surface area contributed by atoms with Crippen LogP contribution in [0.4, 0.5) is 20.3 Å².